The Hall–Kier alpha value is -2.87. The third-order valence-corrected chi connectivity index (χ3v) is 5.90. The molecule has 1 aliphatic heterocycles. The first-order chi connectivity index (χ1) is 12.3. The van der Waals surface area contributed by atoms with Crippen LogP contribution in [0.3, 0.4) is 0 Å². The fourth-order valence-corrected chi connectivity index (χ4v) is 4.05. The summed E-state index contributed by atoms with van der Waals surface area (Å²) < 4.78 is 31.2. The zero-order chi connectivity index (χ0) is 18.9. The van der Waals surface area contributed by atoms with Gasteiger partial charge in [-0.15, -0.1) is 0 Å². The van der Waals surface area contributed by atoms with Crippen LogP contribution in [0, 0.1) is 0 Å². The van der Waals surface area contributed by atoms with Gasteiger partial charge in [0.15, 0.2) is 5.78 Å². The molecule has 0 radical (unpaired) electrons. The molecule has 3 rings (SSSR count). The van der Waals surface area contributed by atoms with E-state index in [2.05, 4.69) is 0 Å². The number of carbonyl (C=O) groups is 2. The third kappa shape index (κ3) is 3.41. The van der Waals surface area contributed by atoms with Crippen molar-refractivity contribution >= 4 is 21.7 Å². The second-order valence-electron chi connectivity index (χ2n) is 6.00. The first-order valence-electron chi connectivity index (χ1n) is 7.87. The molecule has 1 N–H and O–H groups in total. The van der Waals surface area contributed by atoms with Crippen LogP contribution >= 0.6 is 0 Å². The molecule has 0 bridgehead atoms. The number of fused-ring (bicyclic) bond motifs is 1. The number of carbonyl (C=O) groups excluding carboxylic acids is 1. The molecule has 8 heteroatoms. The van der Waals surface area contributed by atoms with Crippen LogP contribution in [0.15, 0.2) is 58.3 Å². The van der Waals surface area contributed by atoms with E-state index >= 15 is 0 Å². The lowest BCUT2D eigenvalue weighted by molar-refractivity contribution is 0.0771. The highest BCUT2D eigenvalue weighted by Crippen LogP contribution is 2.32. The van der Waals surface area contributed by atoms with Crippen molar-refractivity contribution in [2.24, 2.45) is 0 Å². The largest absolute Gasteiger partial charge is 0.487 e. The molecule has 0 saturated carbocycles. The molecule has 0 saturated heterocycles. The Labute approximate surface area is 150 Å². The van der Waals surface area contributed by atoms with Gasteiger partial charge in [-0.2, -0.15) is 0 Å². The smallest absolute Gasteiger partial charge is 0.407 e. The Morgan fingerprint density at radius 1 is 1.19 bits per heavy atom. The predicted molar refractivity (Wildman–Crippen MR) is 92.4 cm³/mol. The van der Waals surface area contributed by atoms with Gasteiger partial charge in [0, 0.05) is 13.5 Å². The van der Waals surface area contributed by atoms with E-state index in [1.807, 2.05) is 0 Å². The summed E-state index contributed by atoms with van der Waals surface area (Å²) >= 11 is 0. The summed E-state index contributed by atoms with van der Waals surface area (Å²) in [5.41, 5.74) is 0.297. The highest BCUT2D eigenvalue weighted by Gasteiger charge is 2.30. The van der Waals surface area contributed by atoms with Gasteiger partial charge in [-0.1, -0.05) is 18.2 Å². The number of nitrogens with zero attached hydrogens (tertiary/aromatic N) is 1. The lowest BCUT2D eigenvalue weighted by Gasteiger charge is -2.28. The van der Waals surface area contributed by atoms with Gasteiger partial charge >= 0.3 is 6.09 Å². The Morgan fingerprint density at radius 2 is 1.88 bits per heavy atom. The minimum Gasteiger partial charge on any atom is -0.487 e. The molecule has 2 aromatic carbocycles. The van der Waals surface area contributed by atoms with E-state index in [0.29, 0.717) is 5.56 Å². The zero-order valence-electron chi connectivity index (χ0n) is 14.0. The number of amides is 1. The van der Waals surface area contributed by atoms with Gasteiger partial charge in [0.2, 0.25) is 9.84 Å². The van der Waals surface area contributed by atoms with Crippen molar-refractivity contribution in [2.45, 2.75) is 22.3 Å². The van der Waals surface area contributed by atoms with Crippen molar-refractivity contribution in [3.8, 4) is 5.75 Å². The van der Waals surface area contributed by atoms with Gasteiger partial charge in [-0.25, -0.2) is 13.2 Å². The highest BCUT2D eigenvalue weighted by molar-refractivity contribution is 7.91. The molecule has 0 fully saturated rings. The number of ketones is 1. The number of carboxylic acid groups (broad SMARTS) is 1. The number of rotatable bonds is 4. The van der Waals surface area contributed by atoms with E-state index in [1.54, 1.807) is 18.2 Å². The van der Waals surface area contributed by atoms with Gasteiger partial charge < -0.3 is 14.7 Å². The van der Waals surface area contributed by atoms with Crippen LogP contribution in [0.5, 0.6) is 5.75 Å². The topological polar surface area (TPSA) is 101 Å². The molecular weight excluding hydrogens is 358 g/mol. The number of ether oxygens (including phenoxy) is 1. The zero-order valence-corrected chi connectivity index (χ0v) is 14.8. The quantitative estimate of drug-likeness (QED) is 0.881. The summed E-state index contributed by atoms with van der Waals surface area (Å²) in [5, 5.41) is 8.96. The summed E-state index contributed by atoms with van der Waals surface area (Å²) in [6, 6.07) is 12.1. The fraction of sp³-hybridized carbons (Fsp3) is 0.222. The lowest BCUT2D eigenvalue weighted by Crippen LogP contribution is -2.39. The Bertz CT molecular complexity index is 955. The standard InChI is InChI=1S/C18H17NO6S/c1-19(18(21)22)11-12-9-16(20)15-8-7-14(10-17(15)25-12)26(23,24)13-5-3-2-4-6-13/h2-8,10,12H,9,11H2,1H3,(H,21,22). The predicted octanol–water partition coefficient (Wildman–Crippen LogP) is 2.46. The lowest BCUT2D eigenvalue weighted by atomic mass is 10.0. The first kappa shape index (κ1) is 17.9. The Morgan fingerprint density at radius 3 is 2.54 bits per heavy atom. The molecule has 1 unspecified atom stereocenters. The molecule has 26 heavy (non-hydrogen) atoms. The van der Waals surface area contributed by atoms with E-state index in [1.165, 1.54) is 37.4 Å². The van der Waals surface area contributed by atoms with Crippen LogP contribution in [0.2, 0.25) is 0 Å². The molecule has 0 spiro atoms. The maximum atomic E-state index is 12.7. The first-order valence-corrected chi connectivity index (χ1v) is 9.35. The van der Waals surface area contributed by atoms with Crippen LogP contribution in [0.1, 0.15) is 16.8 Å². The number of hydrogen-bond acceptors (Lipinski definition) is 5. The summed E-state index contributed by atoms with van der Waals surface area (Å²) in [6.07, 6.45) is -1.76. The van der Waals surface area contributed by atoms with E-state index in [9.17, 15) is 18.0 Å². The van der Waals surface area contributed by atoms with Crippen molar-refractivity contribution in [3.05, 3.63) is 54.1 Å². The summed E-state index contributed by atoms with van der Waals surface area (Å²) in [7, 11) is -2.36. The molecule has 0 aliphatic carbocycles. The van der Waals surface area contributed by atoms with Gasteiger partial charge in [0.1, 0.15) is 11.9 Å². The summed E-state index contributed by atoms with van der Waals surface area (Å²) in [4.78, 5) is 24.4. The van der Waals surface area contributed by atoms with E-state index < -0.39 is 22.0 Å². The highest BCUT2D eigenvalue weighted by atomic mass is 32.2. The van der Waals surface area contributed by atoms with Crippen molar-refractivity contribution in [1.29, 1.82) is 0 Å². The van der Waals surface area contributed by atoms with Crippen molar-refractivity contribution in [1.82, 2.24) is 4.90 Å². The van der Waals surface area contributed by atoms with Gasteiger partial charge in [-0.3, -0.25) is 4.79 Å². The Balaban J connectivity index is 1.93. The maximum absolute atomic E-state index is 12.7. The number of benzene rings is 2. The van der Waals surface area contributed by atoms with Gasteiger partial charge in [-0.05, 0) is 30.3 Å². The van der Waals surface area contributed by atoms with Crippen LogP contribution in [-0.2, 0) is 9.84 Å². The number of Topliss-reactive ketones (excluding diaryl/α,β-unsaturated/α-hetero) is 1. The second-order valence-corrected chi connectivity index (χ2v) is 7.95. The minimum absolute atomic E-state index is 0.0101. The average molecular weight is 375 g/mol. The molecular formula is C18H17NO6S. The van der Waals surface area contributed by atoms with Crippen LogP contribution in [-0.4, -0.2) is 50.0 Å². The van der Waals surface area contributed by atoms with Gasteiger partial charge in [0.25, 0.3) is 0 Å². The molecule has 7 nitrogen and oxygen atoms in total. The molecule has 136 valence electrons. The van der Waals surface area contributed by atoms with Crippen LogP contribution in [0.25, 0.3) is 0 Å². The number of hydrogen-bond donors (Lipinski definition) is 1. The number of likely N-dealkylation sites (N-methyl/N-ethyl adjacent to an activating group) is 1. The molecule has 2 aromatic rings. The van der Waals surface area contributed by atoms with E-state index in [0.717, 1.165) is 4.90 Å². The molecule has 1 amide bonds. The Kier molecular flexibility index (Phi) is 4.69. The van der Waals surface area contributed by atoms with Gasteiger partial charge in [0.05, 0.1) is 21.9 Å². The number of sulfone groups is 1. The van der Waals surface area contributed by atoms with Crippen LogP contribution in [0.4, 0.5) is 4.79 Å². The van der Waals surface area contributed by atoms with Crippen molar-refractivity contribution in [3.63, 3.8) is 0 Å². The van der Waals surface area contributed by atoms with E-state index in [-0.39, 0.29) is 34.3 Å². The second kappa shape index (κ2) is 6.80. The minimum atomic E-state index is -3.74. The molecule has 1 heterocycles. The van der Waals surface area contributed by atoms with Crippen LogP contribution < -0.4 is 4.74 Å². The van der Waals surface area contributed by atoms with Crippen molar-refractivity contribution in [2.75, 3.05) is 13.6 Å². The van der Waals surface area contributed by atoms with Crippen molar-refractivity contribution < 1.29 is 27.9 Å². The third-order valence-electron chi connectivity index (χ3n) is 4.13. The monoisotopic (exact) mass is 375 g/mol. The SMILES string of the molecule is CN(CC1CC(=O)c2ccc(S(=O)(=O)c3ccccc3)cc2O1)C(=O)O. The molecule has 0 aromatic heterocycles. The fourth-order valence-electron chi connectivity index (χ4n) is 2.76. The molecule has 1 atom stereocenters. The maximum Gasteiger partial charge on any atom is 0.407 e. The molecule has 1 aliphatic rings. The summed E-state index contributed by atoms with van der Waals surface area (Å²) in [6.45, 7) is 0.0101. The summed E-state index contributed by atoms with van der Waals surface area (Å²) in [5.74, 6) is -0.0549. The van der Waals surface area contributed by atoms with E-state index in [4.69, 9.17) is 9.84 Å². The average Bonchev–Trinajstić information content (AvgIpc) is 2.62. The normalized spacial score (nSPS) is 16.5.